The number of piperidine rings is 1. The minimum absolute atomic E-state index is 0. The van der Waals surface area contributed by atoms with Gasteiger partial charge in [-0.1, -0.05) is 6.42 Å². The van der Waals surface area contributed by atoms with Gasteiger partial charge in [-0.15, -0.1) is 12.4 Å². The van der Waals surface area contributed by atoms with Crippen LogP contribution in [-0.4, -0.2) is 36.6 Å². The van der Waals surface area contributed by atoms with Crippen LogP contribution in [0.2, 0.25) is 0 Å². The fourth-order valence-corrected chi connectivity index (χ4v) is 2.68. The molecule has 0 bridgehead atoms. The molecule has 2 atom stereocenters. The van der Waals surface area contributed by atoms with E-state index in [4.69, 9.17) is 10.2 Å². The summed E-state index contributed by atoms with van der Waals surface area (Å²) in [5.74, 6) is 0.605. The second-order valence-corrected chi connectivity index (χ2v) is 5.15. The standard InChI is InChI=1S/C14H22N2O3.ClH/c1-10(15)12-5-3-4-8-16(12)9-11-6-7-13(19-11)14(17)18-2;/h6-7,10,12H,3-5,8-9,15H2,1-2H3;1H. The van der Waals surface area contributed by atoms with Crippen LogP contribution in [-0.2, 0) is 11.3 Å². The number of nitrogens with zero attached hydrogens (tertiary/aromatic N) is 1. The summed E-state index contributed by atoms with van der Waals surface area (Å²) in [6.45, 7) is 3.77. The number of halogens is 1. The molecule has 0 amide bonds. The number of rotatable bonds is 4. The summed E-state index contributed by atoms with van der Waals surface area (Å²) >= 11 is 0. The van der Waals surface area contributed by atoms with Crippen molar-refractivity contribution in [3.63, 3.8) is 0 Å². The highest BCUT2D eigenvalue weighted by Gasteiger charge is 2.26. The molecular formula is C14H23ClN2O3. The van der Waals surface area contributed by atoms with Crippen molar-refractivity contribution in [2.45, 2.75) is 44.8 Å². The molecule has 0 spiro atoms. The normalized spacial score (nSPS) is 21.1. The number of methoxy groups -OCH3 is 1. The molecule has 0 aliphatic carbocycles. The zero-order valence-corrected chi connectivity index (χ0v) is 12.8. The van der Waals surface area contributed by atoms with Crippen LogP contribution in [0.15, 0.2) is 16.5 Å². The topological polar surface area (TPSA) is 68.7 Å². The summed E-state index contributed by atoms with van der Waals surface area (Å²) in [5.41, 5.74) is 6.04. The van der Waals surface area contributed by atoms with Crippen molar-refractivity contribution in [1.29, 1.82) is 0 Å². The number of esters is 1. The second-order valence-electron chi connectivity index (χ2n) is 5.15. The molecule has 2 N–H and O–H groups in total. The largest absolute Gasteiger partial charge is 0.463 e. The lowest BCUT2D eigenvalue weighted by Crippen LogP contribution is -2.48. The maximum Gasteiger partial charge on any atom is 0.373 e. The SMILES string of the molecule is COC(=O)c1ccc(CN2CCCCC2C(C)N)o1.Cl. The third-order valence-corrected chi connectivity index (χ3v) is 3.68. The summed E-state index contributed by atoms with van der Waals surface area (Å²) < 4.78 is 10.1. The molecule has 1 saturated heterocycles. The van der Waals surface area contributed by atoms with Crippen LogP contribution >= 0.6 is 12.4 Å². The van der Waals surface area contributed by atoms with Gasteiger partial charge in [0.25, 0.3) is 0 Å². The van der Waals surface area contributed by atoms with E-state index in [9.17, 15) is 4.79 Å². The summed E-state index contributed by atoms with van der Waals surface area (Å²) in [5, 5.41) is 0. The highest BCUT2D eigenvalue weighted by atomic mass is 35.5. The zero-order chi connectivity index (χ0) is 13.8. The van der Waals surface area contributed by atoms with Gasteiger partial charge in [-0.2, -0.15) is 0 Å². The van der Waals surface area contributed by atoms with E-state index in [0.717, 1.165) is 18.7 Å². The van der Waals surface area contributed by atoms with Gasteiger partial charge in [0.15, 0.2) is 0 Å². The summed E-state index contributed by atoms with van der Waals surface area (Å²) in [6, 6.07) is 4.03. The van der Waals surface area contributed by atoms with Crippen molar-refractivity contribution in [2.75, 3.05) is 13.7 Å². The maximum atomic E-state index is 11.3. The van der Waals surface area contributed by atoms with Crippen molar-refractivity contribution >= 4 is 18.4 Å². The number of carbonyl (C=O) groups excluding carboxylic acids is 1. The predicted octanol–water partition coefficient (Wildman–Crippen LogP) is 2.19. The van der Waals surface area contributed by atoms with Crippen LogP contribution in [0, 0.1) is 0 Å². The molecule has 6 heteroatoms. The highest BCUT2D eigenvalue weighted by molar-refractivity contribution is 5.86. The third-order valence-electron chi connectivity index (χ3n) is 3.68. The average molecular weight is 303 g/mol. The number of nitrogens with two attached hydrogens (primary N) is 1. The molecule has 20 heavy (non-hydrogen) atoms. The number of ether oxygens (including phenoxy) is 1. The van der Waals surface area contributed by atoms with Crippen LogP contribution in [0.1, 0.15) is 42.5 Å². The smallest absolute Gasteiger partial charge is 0.373 e. The van der Waals surface area contributed by atoms with Crippen LogP contribution in [0.3, 0.4) is 0 Å². The Morgan fingerprint density at radius 3 is 2.95 bits per heavy atom. The zero-order valence-electron chi connectivity index (χ0n) is 12.0. The Kier molecular flexibility index (Phi) is 6.52. The maximum absolute atomic E-state index is 11.3. The van der Waals surface area contributed by atoms with E-state index in [1.54, 1.807) is 6.07 Å². The molecule has 114 valence electrons. The number of furan rings is 1. The monoisotopic (exact) mass is 302 g/mol. The molecule has 0 radical (unpaired) electrons. The predicted molar refractivity (Wildman–Crippen MR) is 79.0 cm³/mol. The van der Waals surface area contributed by atoms with Gasteiger partial charge >= 0.3 is 5.97 Å². The summed E-state index contributed by atoms with van der Waals surface area (Å²) in [4.78, 5) is 13.7. The van der Waals surface area contributed by atoms with Crippen LogP contribution < -0.4 is 5.73 Å². The average Bonchev–Trinajstić information content (AvgIpc) is 2.86. The van der Waals surface area contributed by atoms with Crippen molar-refractivity contribution in [2.24, 2.45) is 5.73 Å². The van der Waals surface area contributed by atoms with Crippen molar-refractivity contribution in [3.05, 3.63) is 23.7 Å². The molecule has 1 aliphatic heterocycles. The molecule has 5 nitrogen and oxygen atoms in total. The molecule has 1 aromatic rings. The van der Waals surface area contributed by atoms with Gasteiger partial charge in [-0.05, 0) is 38.4 Å². The van der Waals surface area contributed by atoms with Crippen molar-refractivity contribution in [1.82, 2.24) is 4.90 Å². The van der Waals surface area contributed by atoms with E-state index in [1.807, 2.05) is 13.0 Å². The molecular weight excluding hydrogens is 280 g/mol. The molecule has 2 rings (SSSR count). The second kappa shape index (κ2) is 7.67. The van der Waals surface area contributed by atoms with E-state index in [-0.39, 0.29) is 24.2 Å². The van der Waals surface area contributed by atoms with Gasteiger partial charge in [-0.3, -0.25) is 4.90 Å². The third kappa shape index (κ3) is 3.98. The Hall–Kier alpha value is -1.04. The number of carbonyl (C=O) groups is 1. The van der Waals surface area contributed by atoms with Gasteiger partial charge in [0, 0.05) is 12.1 Å². The summed E-state index contributed by atoms with van der Waals surface area (Å²) in [7, 11) is 1.35. The van der Waals surface area contributed by atoms with E-state index in [0.29, 0.717) is 12.6 Å². The van der Waals surface area contributed by atoms with Crippen LogP contribution in [0.25, 0.3) is 0 Å². The quantitative estimate of drug-likeness (QED) is 0.864. The van der Waals surface area contributed by atoms with Gasteiger partial charge in [0.2, 0.25) is 5.76 Å². The van der Waals surface area contributed by atoms with E-state index in [1.165, 1.54) is 20.0 Å². The van der Waals surface area contributed by atoms with Crippen molar-refractivity contribution < 1.29 is 13.9 Å². The van der Waals surface area contributed by atoms with Crippen LogP contribution in [0.4, 0.5) is 0 Å². The lowest BCUT2D eigenvalue weighted by molar-refractivity contribution is 0.0557. The fourth-order valence-electron chi connectivity index (χ4n) is 2.68. The Morgan fingerprint density at radius 1 is 1.55 bits per heavy atom. The van der Waals surface area contributed by atoms with Gasteiger partial charge in [0.1, 0.15) is 5.76 Å². The minimum atomic E-state index is -0.436. The Morgan fingerprint density at radius 2 is 2.30 bits per heavy atom. The van der Waals surface area contributed by atoms with Gasteiger partial charge in [-0.25, -0.2) is 4.79 Å². The minimum Gasteiger partial charge on any atom is -0.463 e. The molecule has 1 aliphatic rings. The first-order chi connectivity index (χ1) is 9.11. The molecule has 2 unspecified atom stereocenters. The van der Waals surface area contributed by atoms with E-state index < -0.39 is 5.97 Å². The molecule has 2 heterocycles. The first-order valence-electron chi connectivity index (χ1n) is 6.78. The van der Waals surface area contributed by atoms with Gasteiger partial charge < -0.3 is 14.9 Å². The lowest BCUT2D eigenvalue weighted by Gasteiger charge is -2.37. The van der Waals surface area contributed by atoms with Gasteiger partial charge in [0.05, 0.1) is 13.7 Å². The highest BCUT2D eigenvalue weighted by Crippen LogP contribution is 2.22. The Balaban J connectivity index is 0.00000200. The summed E-state index contributed by atoms with van der Waals surface area (Å²) in [6.07, 6.45) is 3.55. The number of hydrogen-bond acceptors (Lipinski definition) is 5. The Labute approximate surface area is 125 Å². The molecule has 1 fully saturated rings. The molecule has 0 aromatic carbocycles. The first-order valence-corrected chi connectivity index (χ1v) is 6.78. The molecule has 0 saturated carbocycles. The van der Waals surface area contributed by atoms with E-state index in [2.05, 4.69) is 9.64 Å². The molecule has 1 aromatic heterocycles. The first kappa shape index (κ1) is 17.0. The lowest BCUT2D eigenvalue weighted by atomic mass is 9.97. The number of hydrogen-bond donors (Lipinski definition) is 1. The number of likely N-dealkylation sites (tertiary alicyclic amines) is 1. The van der Waals surface area contributed by atoms with E-state index >= 15 is 0 Å². The fraction of sp³-hybridized carbons (Fsp3) is 0.643. The van der Waals surface area contributed by atoms with Crippen LogP contribution in [0.5, 0.6) is 0 Å². The van der Waals surface area contributed by atoms with Crippen molar-refractivity contribution in [3.8, 4) is 0 Å². The Bertz CT molecular complexity index is 434.